The number of hydrogen-bond acceptors (Lipinski definition) is 3. The van der Waals surface area contributed by atoms with Gasteiger partial charge in [0.05, 0.1) is 5.25 Å². The van der Waals surface area contributed by atoms with Gasteiger partial charge in [-0.15, -0.1) is 0 Å². The molecule has 1 unspecified atom stereocenters. The van der Waals surface area contributed by atoms with Crippen molar-refractivity contribution in [2.24, 2.45) is 5.14 Å². The van der Waals surface area contributed by atoms with Gasteiger partial charge in [0, 0.05) is 5.69 Å². The zero-order valence-electron chi connectivity index (χ0n) is 7.27. The topological polar surface area (TPSA) is 86.2 Å². The van der Waals surface area contributed by atoms with Gasteiger partial charge in [-0.25, -0.2) is 13.6 Å². The Morgan fingerprint density at radius 1 is 1.38 bits per heavy atom. The first kappa shape index (κ1) is 10.0. The molecule has 0 heterocycles. The van der Waals surface area contributed by atoms with E-state index in [4.69, 9.17) is 10.9 Å². The van der Waals surface area contributed by atoms with Crippen molar-refractivity contribution in [2.45, 2.75) is 12.2 Å². The Morgan fingerprint density at radius 2 is 2.00 bits per heavy atom. The van der Waals surface area contributed by atoms with Crippen molar-refractivity contribution in [2.75, 3.05) is 5.73 Å². The molecular weight excluding hydrogens is 188 g/mol. The van der Waals surface area contributed by atoms with Crippen LogP contribution >= 0.6 is 0 Å². The van der Waals surface area contributed by atoms with Gasteiger partial charge in [0.2, 0.25) is 10.0 Å². The summed E-state index contributed by atoms with van der Waals surface area (Å²) in [6.07, 6.45) is 0. The first-order valence-electron chi connectivity index (χ1n) is 3.78. The largest absolute Gasteiger partial charge is 0.399 e. The molecule has 72 valence electrons. The Hall–Kier alpha value is -1.07. The molecule has 0 amide bonds. The van der Waals surface area contributed by atoms with Gasteiger partial charge in [-0.3, -0.25) is 0 Å². The molecular formula is C8H12N2O2S. The molecule has 5 heteroatoms. The maximum absolute atomic E-state index is 11.0. The van der Waals surface area contributed by atoms with Gasteiger partial charge in [0.1, 0.15) is 0 Å². The van der Waals surface area contributed by atoms with Gasteiger partial charge in [-0.2, -0.15) is 0 Å². The van der Waals surface area contributed by atoms with E-state index < -0.39 is 15.3 Å². The molecule has 1 aromatic rings. The number of anilines is 1. The van der Waals surface area contributed by atoms with E-state index in [2.05, 4.69) is 0 Å². The summed E-state index contributed by atoms with van der Waals surface area (Å²) in [6.45, 7) is 1.53. The highest BCUT2D eigenvalue weighted by Gasteiger charge is 2.17. The molecule has 0 aliphatic carbocycles. The van der Waals surface area contributed by atoms with Crippen molar-refractivity contribution >= 4 is 15.7 Å². The Morgan fingerprint density at radius 3 is 2.46 bits per heavy atom. The van der Waals surface area contributed by atoms with Crippen LogP contribution in [0.1, 0.15) is 17.7 Å². The second-order valence-electron chi connectivity index (χ2n) is 2.90. The number of primary sulfonamides is 1. The van der Waals surface area contributed by atoms with Crippen molar-refractivity contribution < 1.29 is 8.42 Å². The lowest BCUT2D eigenvalue weighted by Crippen LogP contribution is -2.19. The van der Waals surface area contributed by atoms with E-state index >= 15 is 0 Å². The fraction of sp³-hybridized carbons (Fsp3) is 0.250. The highest BCUT2D eigenvalue weighted by Crippen LogP contribution is 2.20. The van der Waals surface area contributed by atoms with Gasteiger partial charge in [-0.1, -0.05) is 12.1 Å². The molecule has 0 aliphatic rings. The Bertz CT molecular complexity index is 400. The van der Waals surface area contributed by atoms with Gasteiger partial charge >= 0.3 is 0 Å². The smallest absolute Gasteiger partial charge is 0.215 e. The Kier molecular flexibility index (Phi) is 2.58. The van der Waals surface area contributed by atoms with Crippen molar-refractivity contribution in [3.05, 3.63) is 29.8 Å². The normalized spacial score (nSPS) is 14.0. The molecule has 0 spiro atoms. The number of sulfonamides is 1. The van der Waals surface area contributed by atoms with E-state index in [-0.39, 0.29) is 0 Å². The maximum Gasteiger partial charge on any atom is 0.215 e. The van der Waals surface area contributed by atoms with Crippen LogP contribution in [0.5, 0.6) is 0 Å². The monoisotopic (exact) mass is 200 g/mol. The summed E-state index contributed by atoms with van der Waals surface area (Å²) >= 11 is 0. The number of benzene rings is 1. The SMILES string of the molecule is CC(c1cccc(N)c1)S(N)(=O)=O. The van der Waals surface area contributed by atoms with Crippen molar-refractivity contribution in [3.63, 3.8) is 0 Å². The van der Waals surface area contributed by atoms with E-state index in [1.807, 2.05) is 0 Å². The maximum atomic E-state index is 11.0. The van der Waals surface area contributed by atoms with Crippen LogP contribution in [-0.4, -0.2) is 8.42 Å². The molecule has 0 radical (unpaired) electrons. The van der Waals surface area contributed by atoms with E-state index in [1.165, 1.54) is 6.92 Å². The second kappa shape index (κ2) is 3.35. The van der Waals surface area contributed by atoms with Crippen molar-refractivity contribution in [1.82, 2.24) is 0 Å². The van der Waals surface area contributed by atoms with Crippen LogP contribution in [-0.2, 0) is 10.0 Å². The fourth-order valence-electron chi connectivity index (χ4n) is 1.00. The van der Waals surface area contributed by atoms with Crippen LogP contribution in [0.4, 0.5) is 5.69 Å². The van der Waals surface area contributed by atoms with Gasteiger partial charge in [0.25, 0.3) is 0 Å². The van der Waals surface area contributed by atoms with Gasteiger partial charge in [-0.05, 0) is 24.6 Å². The summed E-state index contributed by atoms with van der Waals surface area (Å²) in [5.74, 6) is 0. The van der Waals surface area contributed by atoms with Crippen LogP contribution in [0, 0.1) is 0 Å². The first-order chi connectivity index (χ1) is 5.91. The predicted molar refractivity (Wildman–Crippen MR) is 52.4 cm³/mol. The predicted octanol–water partition coefficient (Wildman–Crippen LogP) is 0.618. The third-order valence-corrected chi connectivity index (χ3v) is 3.13. The number of nitrogen functional groups attached to an aromatic ring is 1. The minimum atomic E-state index is -3.53. The molecule has 1 aromatic carbocycles. The summed E-state index contributed by atoms with van der Waals surface area (Å²) in [6, 6.07) is 6.69. The molecule has 1 atom stereocenters. The third kappa shape index (κ3) is 2.43. The lowest BCUT2D eigenvalue weighted by molar-refractivity contribution is 0.588. The average molecular weight is 200 g/mol. The summed E-state index contributed by atoms with van der Waals surface area (Å²) in [7, 11) is -3.53. The zero-order valence-corrected chi connectivity index (χ0v) is 8.08. The highest BCUT2D eigenvalue weighted by atomic mass is 32.2. The number of hydrogen-bond donors (Lipinski definition) is 2. The Labute approximate surface area is 77.6 Å². The minimum absolute atomic E-state index is 0.535. The molecule has 0 fully saturated rings. The van der Waals surface area contributed by atoms with E-state index in [0.29, 0.717) is 11.3 Å². The van der Waals surface area contributed by atoms with E-state index in [0.717, 1.165) is 0 Å². The molecule has 13 heavy (non-hydrogen) atoms. The van der Waals surface area contributed by atoms with Crippen molar-refractivity contribution in [1.29, 1.82) is 0 Å². The van der Waals surface area contributed by atoms with E-state index in [9.17, 15) is 8.42 Å². The molecule has 0 saturated heterocycles. The quantitative estimate of drug-likeness (QED) is 0.686. The molecule has 1 rings (SSSR count). The molecule has 0 saturated carbocycles. The zero-order chi connectivity index (χ0) is 10.1. The molecule has 4 N–H and O–H groups in total. The second-order valence-corrected chi connectivity index (χ2v) is 4.79. The van der Waals surface area contributed by atoms with Crippen molar-refractivity contribution in [3.8, 4) is 0 Å². The van der Waals surface area contributed by atoms with Gasteiger partial charge < -0.3 is 5.73 Å². The molecule has 0 bridgehead atoms. The lowest BCUT2D eigenvalue weighted by Gasteiger charge is -2.09. The third-order valence-electron chi connectivity index (χ3n) is 1.87. The van der Waals surface area contributed by atoms with E-state index in [1.54, 1.807) is 24.3 Å². The van der Waals surface area contributed by atoms with Crippen LogP contribution < -0.4 is 10.9 Å². The standard InChI is InChI=1S/C8H12N2O2S/c1-6(13(10,11)12)7-3-2-4-8(9)5-7/h2-6H,9H2,1H3,(H2,10,11,12). The first-order valence-corrected chi connectivity index (χ1v) is 5.39. The van der Waals surface area contributed by atoms with Crippen LogP contribution in [0.3, 0.4) is 0 Å². The van der Waals surface area contributed by atoms with Crippen LogP contribution in [0.2, 0.25) is 0 Å². The minimum Gasteiger partial charge on any atom is -0.399 e. The highest BCUT2D eigenvalue weighted by molar-refractivity contribution is 7.89. The summed E-state index contributed by atoms with van der Waals surface area (Å²) < 4.78 is 22.0. The van der Waals surface area contributed by atoms with Crippen LogP contribution in [0.15, 0.2) is 24.3 Å². The summed E-state index contributed by atoms with van der Waals surface area (Å²) in [5.41, 5.74) is 6.65. The average Bonchev–Trinajstić information content (AvgIpc) is 2.01. The summed E-state index contributed by atoms with van der Waals surface area (Å²) in [5, 5.41) is 4.28. The number of rotatable bonds is 2. The fourth-order valence-corrected chi connectivity index (χ4v) is 1.53. The van der Waals surface area contributed by atoms with Crippen LogP contribution in [0.25, 0.3) is 0 Å². The van der Waals surface area contributed by atoms with Gasteiger partial charge in [0.15, 0.2) is 0 Å². The molecule has 0 aliphatic heterocycles. The molecule has 0 aromatic heterocycles. The summed E-state index contributed by atoms with van der Waals surface area (Å²) in [4.78, 5) is 0. The number of nitrogens with two attached hydrogens (primary N) is 2. The Balaban J connectivity index is 3.10. The lowest BCUT2D eigenvalue weighted by atomic mass is 10.1. The molecule has 4 nitrogen and oxygen atoms in total.